The van der Waals surface area contributed by atoms with E-state index in [1.807, 2.05) is 12.1 Å². The lowest BCUT2D eigenvalue weighted by Gasteiger charge is -2.34. The van der Waals surface area contributed by atoms with Crippen LogP contribution in [0.15, 0.2) is 27.8 Å². The molecular formula is C15H28IN5O. The molecule has 1 saturated heterocycles. The first-order chi connectivity index (χ1) is 10.3. The highest BCUT2D eigenvalue weighted by Gasteiger charge is 2.14. The van der Waals surface area contributed by atoms with E-state index in [-0.39, 0.29) is 24.0 Å². The van der Waals surface area contributed by atoms with Crippen LogP contribution in [0.25, 0.3) is 0 Å². The number of hydrogen-bond acceptors (Lipinski definition) is 4. The molecule has 0 bridgehead atoms. The molecule has 0 spiro atoms. The molecule has 1 aromatic heterocycles. The maximum atomic E-state index is 5.29. The van der Waals surface area contributed by atoms with E-state index in [0.717, 1.165) is 44.4 Å². The Hall–Kier alpha value is -0.800. The van der Waals surface area contributed by atoms with Crippen LogP contribution in [0.4, 0.5) is 0 Å². The predicted octanol–water partition coefficient (Wildman–Crippen LogP) is 1.20. The van der Waals surface area contributed by atoms with E-state index in [4.69, 9.17) is 4.42 Å². The zero-order valence-electron chi connectivity index (χ0n) is 13.5. The highest BCUT2D eigenvalue weighted by atomic mass is 127. The van der Waals surface area contributed by atoms with Crippen molar-refractivity contribution in [1.29, 1.82) is 0 Å². The monoisotopic (exact) mass is 421 g/mol. The molecule has 0 radical (unpaired) electrons. The van der Waals surface area contributed by atoms with Crippen molar-refractivity contribution in [2.75, 3.05) is 52.9 Å². The van der Waals surface area contributed by atoms with Crippen LogP contribution in [-0.2, 0) is 6.54 Å². The zero-order chi connectivity index (χ0) is 14.9. The molecule has 1 aromatic rings. The number of nitrogens with zero attached hydrogens (tertiary/aromatic N) is 3. The van der Waals surface area contributed by atoms with Crippen LogP contribution in [0.3, 0.4) is 0 Å². The summed E-state index contributed by atoms with van der Waals surface area (Å²) in [4.78, 5) is 9.21. The Morgan fingerprint density at radius 1 is 1.23 bits per heavy atom. The van der Waals surface area contributed by atoms with Crippen molar-refractivity contribution in [1.82, 2.24) is 20.4 Å². The summed E-state index contributed by atoms with van der Waals surface area (Å²) < 4.78 is 5.29. The lowest BCUT2D eigenvalue weighted by atomic mass is 10.3. The van der Waals surface area contributed by atoms with Gasteiger partial charge in [-0.1, -0.05) is 6.92 Å². The van der Waals surface area contributed by atoms with Gasteiger partial charge in [-0.05, 0) is 18.7 Å². The van der Waals surface area contributed by atoms with E-state index in [9.17, 15) is 0 Å². The van der Waals surface area contributed by atoms with Crippen molar-refractivity contribution in [2.45, 2.75) is 13.5 Å². The van der Waals surface area contributed by atoms with Gasteiger partial charge in [-0.15, -0.1) is 24.0 Å². The van der Waals surface area contributed by atoms with E-state index in [0.29, 0.717) is 6.54 Å². The summed E-state index contributed by atoms with van der Waals surface area (Å²) in [6, 6.07) is 3.84. The highest BCUT2D eigenvalue weighted by molar-refractivity contribution is 14.0. The van der Waals surface area contributed by atoms with Crippen LogP contribution in [0, 0.1) is 0 Å². The van der Waals surface area contributed by atoms with Crippen molar-refractivity contribution >= 4 is 29.9 Å². The topological polar surface area (TPSA) is 56.0 Å². The summed E-state index contributed by atoms with van der Waals surface area (Å²) in [5.41, 5.74) is 0. The van der Waals surface area contributed by atoms with Crippen LogP contribution in [0.2, 0.25) is 0 Å². The Kier molecular flexibility index (Phi) is 9.49. The zero-order valence-corrected chi connectivity index (χ0v) is 15.9. The fraction of sp³-hybridized carbons (Fsp3) is 0.667. The average Bonchev–Trinajstić information content (AvgIpc) is 3.04. The van der Waals surface area contributed by atoms with Crippen LogP contribution < -0.4 is 10.6 Å². The summed E-state index contributed by atoms with van der Waals surface area (Å²) in [7, 11) is 1.79. The summed E-state index contributed by atoms with van der Waals surface area (Å²) in [5, 5.41) is 6.59. The highest BCUT2D eigenvalue weighted by Crippen LogP contribution is 2.00. The quantitative estimate of drug-likeness (QED) is 0.411. The Morgan fingerprint density at radius 2 is 1.95 bits per heavy atom. The minimum absolute atomic E-state index is 0. The van der Waals surface area contributed by atoms with E-state index < -0.39 is 0 Å². The molecule has 1 fully saturated rings. The second kappa shape index (κ2) is 10.8. The molecule has 7 heteroatoms. The third-order valence-corrected chi connectivity index (χ3v) is 3.87. The predicted molar refractivity (Wildman–Crippen MR) is 101 cm³/mol. The summed E-state index contributed by atoms with van der Waals surface area (Å²) in [5.74, 6) is 1.73. The van der Waals surface area contributed by atoms with Gasteiger partial charge in [0.15, 0.2) is 5.96 Å². The first-order valence-electron chi connectivity index (χ1n) is 7.73. The second-order valence-corrected chi connectivity index (χ2v) is 5.21. The third-order valence-electron chi connectivity index (χ3n) is 3.87. The van der Waals surface area contributed by atoms with Gasteiger partial charge in [-0.25, -0.2) is 0 Å². The molecule has 0 aromatic carbocycles. The third kappa shape index (κ3) is 6.53. The summed E-state index contributed by atoms with van der Waals surface area (Å²) in [6.45, 7) is 10.7. The molecule has 1 aliphatic heterocycles. The van der Waals surface area contributed by atoms with Gasteiger partial charge in [-0.2, -0.15) is 0 Å². The standard InChI is InChI=1S/C15H27N5O.HI/c1-3-19-8-10-20(11-9-19)7-6-17-15(16-2)18-13-14-5-4-12-21-14;/h4-5,12H,3,6-11,13H2,1-2H3,(H2,16,17,18);1H. The van der Waals surface area contributed by atoms with Crippen LogP contribution in [0.1, 0.15) is 12.7 Å². The fourth-order valence-corrected chi connectivity index (χ4v) is 2.47. The van der Waals surface area contributed by atoms with Crippen molar-refractivity contribution in [2.24, 2.45) is 4.99 Å². The van der Waals surface area contributed by atoms with Gasteiger partial charge in [0.2, 0.25) is 0 Å². The molecule has 2 N–H and O–H groups in total. The molecule has 1 aliphatic rings. The fourth-order valence-electron chi connectivity index (χ4n) is 2.47. The average molecular weight is 421 g/mol. The molecule has 2 rings (SSSR count). The number of rotatable bonds is 6. The van der Waals surface area contributed by atoms with E-state index in [2.05, 4.69) is 32.3 Å². The van der Waals surface area contributed by atoms with Crippen LogP contribution in [-0.4, -0.2) is 68.6 Å². The van der Waals surface area contributed by atoms with Crippen LogP contribution in [0.5, 0.6) is 0 Å². The smallest absolute Gasteiger partial charge is 0.191 e. The second-order valence-electron chi connectivity index (χ2n) is 5.21. The number of nitrogens with one attached hydrogen (secondary N) is 2. The van der Waals surface area contributed by atoms with Crippen LogP contribution >= 0.6 is 24.0 Å². The molecular weight excluding hydrogens is 393 g/mol. The number of hydrogen-bond donors (Lipinski definition) is 2. The van der Waals surface area contributed by atoms with Gasteiger partial charge >= 0.3 is 0 Å². The Balaban J connectivity index is 0.00000242. The number of halogens is 1. The van der Waals surface area contributed by atoms with Gasteiger partial charge < -0.3 is 20.0 Å². The SMILES string of the molecule is CCN1CCN(CCNC(=NC)NCc2ccco2)CC1.I. The lowest BCUT2D eigenvalue weighted by Crippen LogP contribution is -2.49. The first kappa shape index (κ1) is 19.2. The molecule has 0 atom stereocenters. The Bertz CT molecular complexity index is 416. The van der Waals surface area contributed by atoms with Crippen molar-refractivity contribution in [3.8, 4) is 0 Å². The normalized spacial score (nSPS) is 17.1. The minimum atomic E-state index is 0. The van der Waals surface area contributed by atoms with Gasteiger partial charge in [0.05, 0.1) is 12.8 Å². The number of piperazine rings is 1. The van der Waals surface area contributed by atoms with Gasteiger partial charge in [0, 0.05) is 46.3 Å². The Labute approximate surface area is 150 Å². The van der Waals surface area contributed by atoms with Crippen molar-refractivity contribution in [3.63, 3.8) is 0 Å². The molecule has 22 heavy (non-hydrogen) atoms. The molecule has 0 aliphatic carbocycles. The minimum Gasteiger partial charge on any atom is -0.467 e. The molecule has 126 valence electrons. The Morgan fingerprint density at radius 3 is 2.55 bits per heavy atom. The number of guanidine groups is 1. The largest absolute Gasteiger partial charge is 0.467 e. The molecule has 0 amide bonds. The lowest BCUT2D eigenvalue weighted by molar-refractivity contribution is 0.139. The van der Waals surface area contributed by atoms with Gasteiger partial charge in [0.25, 0.3) is 0 Å². The molecule has 0 saturated carbocycles. The molecule has 2 heterocycles. The number of likely N-dealkylation sites (N-methyl/N-ethyl adjacent to an activating group) is 1. The first-order valence-corrected chi connectivity index (χ1v) is 7.73. The van der Waals surface area contributed by atoms with E-state index in [1.165, 1.54) is 13.1 Å². The number of furan rings is 1. The summed E-state index contributed by atoms with van der Waals surface area (Å²) in [6.07, 6.45) is 1.68. The van der Waals surface area contributed by atoms with E-state index in [1.54, 1.807) is 13.3 Å². The maximum Gasteiger partial charge on any atom is 0.191 e. The number of aliphatic imine (C=N–C) groups is 1. The van der Waals surface area contributed by atoms with Gasteiger partial charge in [-0.3, -0.25) is 9.89 Å². The van der Waals surface area contributed by atoms with Crippen molar-refractivity contribution in [3.05, 3.63) is 24.2 Å². The van der Waals surface area contributed by atoms with Crippen molar-refractivity contribution < 1.29 is 4.42 Å². The summed E-state index contributed by atoms with van der Waals surface area (Å²) >= 11 is 0. The molecule has 0 unspecified atom stereocenters. The maximum absolute atomic E-state index is 5.29. The van der Waals surface area contributed by atoms with Gasteiger partial charge in [0.1, 0.15) is 5.76 Å². The molecule has 6 nitrogen and oxygen atoms in total. The van der Waals surface area contributed by atoms with E-state index >= 15 is 0 Å².